The summed E-state index contributed by atoms with van der Waals surface area (Å²) in [5, 5.41) is 3.62. The van der Waals surface area contributed by atoms with Crippen molar-refractivity contribution in [2.45, 2.75) is 25.8 Å². The highest BCUT2D eigenvalue weighted by Crippen LogP contribution is 2.43. The average Bonchev–Trinajstić information content (AvgIpc) is 3.32. The Kier molecular flexibility index (Phi) is 3.82. The molecule has 1 aliphatic carbocycles. The minimum atomic E-state index is -0.186. The maximum atomic E-state index is 13.1. The van der Waals surface area contributed by atoms with Crippen molar-refractivity contribution in [1.82, 2.24) is 0 Å². The number of methoxy groups -OCH3 is 1. The lowest BCUT2D eigenvalue weighted by Crippen LogP contribution is -2.13. The molecule has 0 aliphatic heterocycles. The molecular weight excluding hydrogens is 265 g/mol. The summed E-state index contributed by atoms with van der Waals surface area (Å²) in [6.45, 7) is 2.07. The third kappa shape index (κ3) is 3.18. The molecule has 1 fully saturated rings. The van der Waals surface area contributed by atoms with E-state index in [1.54, 1.807) is 7.11 Å². The highest BCUT2D eigenvalue weighted by atomic mass is 19.1. The van der Waals surface area contributed by atoms with Crippen molar-refractivity contribution in [3.63, 3.8) is 0 Å². The zero-order chi connectivity index (χ0) is 14.8. The van der Waals surface area contributed by atoms with Gasteiger partial charge in [-0.1, -0.05) is 12.1 Å². The highest BCUT2D eigenvalue weighted by molar-refractivity contribution is 5.55. The van der Waals surface area contributed by atoms with Gasteiger partial charge in [-0.2, -0.15) is 0 Å². The molecule has 0 bridgehead atoms. The summed E-state index contributed by atoms with van der Waals surface area (Å²) in [5.41, 5.74) is 3.41. The largest absolute Gasteiger partial charge is 0.497 e. The van der Waals surface area contributed by atoms with E-state index in [-0.39, 0.29) is 11.9 Å². The Morgan fingerprint density at radius 2 is 1.86 bits per heavy atom. The molecule has 0 saturated heterocycles. The van der Waals surface area contributed by atoms with Crippen molar-refractivity contribution in [2.75, 3.05) is 12.4 Å². The van der Waals surface area contributed by atoms with Crippen LogP contribution in [0.4, 0.5) is 10.1 Å². The van der Waals surface area contributed by atoms with Crippen LogP contribution in [-0.2, 0) is 0 Å². The van der Waals surface area contributed by atoms with Gasteiger partial charge in [0.1, 0.15) is 11.6 Å². The second-order valence-electron chi connectivity index (χ2n) is 5.69. The van der Waals surface area contributed by atoms with E-state index in [9.17, 15) is 4.39 Å². The van der Waals surface area contributed by atoms with Gasteiger partial charge >= 0.3 is 0 Å². The van der Waals surface area contributed by atoms with E-state index >= 15 is 0 Å². The number of halogens is 1. The van der Waals surface area contributed by atoms with Crippen LogP contribution in [0.2, 0.25) is 0 Å². The van der Waals surface area contributed by atoms with Crippen molar-refractivity contribution < 1.29 is 9.13 Å². The fourth-order valence-corrected chi connectivity index (χ4v) is 2.67. The van der Waals surface area contributed by atoms with Crippen molar-refractivity contribution in [3.8, 4) is 5.75 Å². The molecule has 1 atom stereocenters. The molecule has 3 rings (SSSR count). The molecule has 0 amide bonds. The van der Waals surface area contributed by atoms with Gasteiger partial charge in [-0.3, -0.25) is 0 Å². The number of nitrogens with one attached hydrogen (secondary N) is 1. The first kappa shape index (κ1) is 13.9. The molecule has 0 spiro atoms. The lowest BCUT2D eigenvalue weighted by atomic mass is 10.0. The number of hydrogen-bond acceptors (Lipinski definition) is 2. The van der Waals surface area contributed by atoms with Crippen LogP contribution in [0, 0.1) is 18.7 Å². The Labute approximate surface area is 125 Å². The van der Waals surface area contributed by atoms with Crippen LogP contribution in [0.15, 0.2) is 42.5 Å². The van der Waals surface area contributed by atoms with E-state index in [2.05, 4.69) is 12.2 Å². The molecule has 110 valence electrons. The van der Waals surface area contributed by atoms with E-state index < -0.39 is 0 Å². The summed E-state index contributed by atoms with van der Waals surface area (Å²) in [6, 6.07) is 13.1. The third-order valence-electron chi connectivity index (χ3n) is 4.07. The lowest BCUT2D eigenvalue weighted by Gasteiger charge is -2.22. The molecular formula is C18H20FNO. The first-order chi connectivity index (χ1) is 10.2. The van der Waals surface area contributed by atoms with Gasteiger partial charge in [-0.15, -0.1) is 0 Å². The molecule has 1 saturated carbocycles. The van der Waals surface area contributed by atoms with Crippen LogP contribution in [0.5, 0.6) is 5.75 Å². The average molecular weight is 285 g/mol. The smallest absolute Gasteiger partial charge is 0.123 e. The fraction of sp³-hybridized carbons (Fsp3) is 0.333. The SMILES string of the molecule is COc1ccc(NC(c2ccc(F)cc2)C2CC2)c(C)c1. The van der Waals surface area contributed by atoms with Gasteiger partial charge in [0.15, 0.2) is 0 Å². The Bertz CT molecular complexity index is 620. The maximum absolute atomic E-state index is 13.1. The normalized spacial score (nSPS) is 15.6. The topological polar surface area (TPSA) is 21.3 Å². The standard InChI is InChI=1S/C18H20FNO/c1-12-11-16(21-2)9-10-17(12)20-18(13-3-4-13)14-5-7-15(19)8-6-14/h5-11,13,18,20H,3-4H2,1-2H3. The number of hydrogen-bond donors (Lipinski definition) is 1. The van der Waals surface area contributed by atoms with Gasteiger partial charge in [0.2, 0.25) is 0 Å². The zero-order valence-corrected chi connectivity index (χ0v) is 12.4. The summed E-state index contributed by atoms with van der Waals surface area (Å²) in [5.74, 6) is 1.31. The summed E-state index contributed by atoms with van der Waals surface area (Å²) in [7, 11) is 1.67. The Hall–Kier alpha value is -2.03. The minimum absolute atomic E-state index is 0.186. The first-order valence-corrected chi connectivity index (χ1v) is 7.34. The molecule has 0 aromatic heterocycles. The molecule has 0 heterocycles. The molecule has 2 nitrogen and oxygen atoms in total. The van der Waals surface area contributed by atoms with Crippen molar-refractivity contribution in [2.24, 2.45) is 5.92 Å². The predicted molar refractivity (Wildman–Crippen MR) is 83.2 cm³/mol. The zero-order valence-electron chi connectivity index (χ0n) is 12.4. The first-order valence-electron chi connectivity index (χ1n) is 7.34. The van der Waals surface area contributed by atoms with Crippen molar-refractivity contribution in [3.05, 3.63) is 59.4 Å². The molecule has 2 aromatic rings. The molecule has 0 radical (unpaired) electrons. The van der Waals surface area contributed by atoms with E-state index in [1.807, 2.05) is 30.3 Å². The number of ether oxygens (including phenoxy) is 1. The summed E-state index contributed by atoms with van der Waals surface area (Å²) in [6.07, 6.45) is 2.45. The van der Waals surface area contributed by atoms with Gasteiger partial charge in [0.25, 0.3) is 0 Å². The number of benzene rings is 2. The molecule has 1 aliphatic rings. The van der Waals surface area contributed by atoms with Crippen molar-refractivity contribution >= 4 is 5.69 Å². The predicted octanol–water partition coefficient (Wildman–Crippen LogP) is 4.71. The molecule has 21 heavy (non-hydrogen) atoms. The van der Waals surface area contributed by atoms with E-state index in [4.69, 9.17) is 4.74 Å². The van der Waals surface area contributed by atoms with Gasteiger partial charge in [0.05, 0.1) is 13.2 Å². The second kappa shape index (κ2) is 5.76. The van der Waals surface area contributed by atoms with Crippen LogP contribution in [0.1, 0.15) is 30.0 Å². The lowest BCUT2D eigenvalue weighted by molar-refractivity contribution is 0.414. The second-order valence-corrected chi connectivity index (χ2v) is 5.69. The Morgan fingerprint density at radius 1 is 1.14 bits per heavy atom. The van der Waals surface area contributed by atoms with E-state index in [0.717, 1.165) is 22.6 Å². The van der Waals surface area contributed by atoms with Crippen LogP contribution in [0.25, 0.3) is 0 Å². The van der Waals surface area contributed by atoms with E-state index in [1.165, 1.54) is 25.0 Å². The highest BCUT2D eigenvalue weighted by Gasteiger charge is 2.32. The van der Waals surface area contributed by atoms with Crippen LogP contribution < -0.4 is 10.1 Å². The summed E-state index contributed by atoms with van der Waals surface area (Å²) >= 11 is 0. The van der Waals surface area contributed by atoms with E-state index in [0.29, 0.717) is 5.92 Å². The number of anilines is 1. The van der Waals surface area contributed by atoms with Gasteiger partial charge < -0.3 is 10.1 Å². The maximum Gasteiger partial charge on any atom is 0.123 e. The molecule has 1 N–H and O–H groups in total. The van der Waals surface area contributed by atoms with Crippen LogP contribution in [-0.4, -0.2) is 7.11 Å². The van der Waals surface area contributed by atoms with Crippen LogP contribution in [0.3, 0.4) is 0 Å². The Balaban J connectivity index is 1.84. The Morgan fingerprint density at radius 3 is 2.43 bits per heavy atom. The minimum Gasteiger partial charge on any atom is -0.497 e. The molecule has 2 aromatic carbocycles. The quantitative estimate of drug-likeness (QED) is 0.859. The van der Waals surface area contributed by atoms with Crippen molar-refractivity contribution in [1.29, 1.82) is 0 Å². The number of rotatable bonds is 5. The summed E-state index contributed by atoms with van der Waals surface area (Å²) in [4.78, 5) is 0. The van der Waals surface area contributed by atoms with Gasteiger partial charge in [0, 0.05) is 5.69 Å². The molecule has 1 unspecified atom stereocenters. The fourth-order valence-electron chi connectivity index (χ4n) is 2.67. The monoisotopic (exact) mass is 285 g/mol. The van der Waals surface area contributed by atoms with Gasteiger partial charge in [-0.05, 0) is 67.1 Å². The van der Waals surface area contributed by atoms with Gasteiger partial charge in [-0.25, -0.2) is 4.39 Å². The number of aryl methyl sites for hydroxylation is 1. The third-order valence-corrected chi connectivity index (χ3v) is 4.07. The van der Waals surface area contributed by atoms with Crippen LogP contribution >= 0.6 is 0 Å². The summed E-state index contributed by atoms with van der Waals surface area (Å²) < 4.78 is 18.4. The molecule has 3 heteroatoms.